The van der Waals surface area contributed by atoms with E-state index in [4.69, 9.17) is 4.52 Å². The highest BCUT2D eigenvalue weighted by Gasteiger charge is 2.18. The van der Waals surface area contributed by atoms with Gasteiger partial charge in [0, 0.05) is 25.9 Å². The van der Waals surface area contributed by atoms with Crippen molar-refractivity contribution < 1.29 is 14.1 Å². The van der Waals surface area contributed by atoms with Crippen LogP contribution in [0.1, 0.15) is 25.2 Å². The third-order valence-corrected chi connectivity index (χ3v) is 4.54. The number of likely N-dealkylation sites (tertiary alicyclic amines) is 1. The van der Waals surface area contributed by atoms with Crippen LogP contribution in [0.3, 0.4) is 0 Å². The average Bonchev–Trinajstić information content (AvgIpc) is 3.32. The van der Waals surface area contributed by atoms with Crippen LogP contribution in [0.25, 0.3) is 10.7 Å². The third kappa shape index (κ3) is 4.16. The summed E-state index contributed by atoms with van der Waals surface area (Å²) in [6, 6.07) is 3.83. The Balaban J connectivity index is 1.41. The predicted molar refractivity (Wildman–Crippen MR) is 84.8 cm³/mol. The maximum atomic E-state index is 11.8. The Morgan fingerprint density at radius 3 is 2.91 bits per heavy atom. The van der Waals surface area contributed by atoms with Crippen LogP contribution in [0.15, 0.2) is 22.0 Å². The van der Waals surface area contributed by atoms with Crippen molar-refractivity contribution >= 4 is 23.2 Å². The van der Waals surface area contributed by atoms with Crippen LogP contribution < -0.4 is 5.32 Å². The number of hydrogen-bond donors (Lipinski definition) is 1. The van der Waals surface area contributed by atoms with E-state index in [1.807, 2.05) is 17.5 Å². The highest BCUT2D eigenvalue weighted by Crippen LogP contribution is 2.21. The number of nitrogens with zero attached hydrogens (tertiary/aromatic N) is 3. The molecule has 1 fully saturated rings. The summed E-state index contributed by atoms with van der Waals surface area (Å²) in [4.78, 5) is 30.6. The smallest absolute Gasteiger partial charge is 0.241 e. The molecule has 0 saturated carbocycles. The minimum absolute atomic E-state index is 0.0198. The Morgan fingerprint density at radius 2 is 2.17 bits per heavy atom. The van der Waals surface area contributed by atoms with E-state index >= 15 is 0 Å². The highest BCUT2D eigenvalue weighted by molar-refractivity contribution is 7.13. The minimum atomic E-state index is -0.187. The molecule has 1 N–H and O–H groups in total. The standard InChI is InChI=1S/C15H18N4O3S/c20-12(16-10-14(21)19-7-1-2-8-19)5-6-13-17-15(18-22-13)11-4-3-9-23-11/h3-4,9H,1-2,5-8,10H2,(H,16,20). The Bertz CT molecular complexity index is 662. The third-order valence-electron chi connectivity index (χ3n) is 3.67. The van der Waals surface area contributed by atoms with Gasteiger partial charge in [0.2, 0.25) is 23.5 Å². The van der Waals surface area contributed by atoms with Crippen molar-refractivity contribution in [1.82, 2.24) is 20.4 Å². The second-order valence-electron chi connectivity index (χ2n) is 5.35. The van der Waals surface area contributed by atoms with Crippen molar-refractivity contribution in [3.63, 3.8) is 0 Å². The van der Waals surface area contributed by atoms with Gasteiger partial charge in [0.25, 0.3) is 0 Å². The summed E-state index contributed by atoms with van der Waals surface area (Å²) in [5.74, 6) is 0.760. The highest BCUT2D eigenvalue weighted by atomic mass is 32.1. The Morgan fingerprint density at radius 1 is 1.35 bits per heavy atom. The molecule has 0 bridgehead atoms. The summed E-state index contributed by atoms with van der Waals surface area (Å²) in [7, 11) is 0. The quantitative estimate of drug-likeness (QED) is 0.864. The van der Waals surface area contributed by atoms with Crippen molar-refractivity contribution in [2.75, 3.05) is 19.6 Å². The van der Waals surface area contributed by atoms with E-state index in [9.17, 15) is 9.59 Å². The van der Waals surface area contributed by atoms with Crippen LogP contribution in [0.4, 0.5) is 0 Å². The second-order valence-corrected chi connectivity index (χ2v) is 6.30. The number of hydrogen-bond acceptors (Lipinski definition) is 6. The van der Waals surface area contributed by atoms with E-state index < -0.39 is 0 Å². The summed E-state index contributed by atoms with van der Waals surface area (Å²) in [5, 5.41) is 8.48. The van der Waals surface area contributed by atoms with Crippen LogP contribution in [0.2, 0.25) is 0 Å². The average molecular weight is 334 g/mol. The van der Waals surface area contributed by atoms with E-state index in [0.29, 0.717) is 18.1 Å². The fourth-order valence-electron chi connectivity index (χ4n) is 2.42. The molecule has 8 heteroatoms. The Hall–Kier alpha value is -2.22. The van der Waals surface area contributed by atoms with Gasteiger partial charge in [-0.2, -0.15) is 4.98 Å². The zero-order valence-electron chi connectivity index (χ0n) is 12.7. The molecule has 1 saturated heterocycles. The van der Waals surface area contributed by atoms with Gasteiger partial charge in [-0.05, 0) is 24.3 Å². The van der Waals surface area contributed by atoms with Gasteiger partial charge in [-0.25, -0.2) is 0 Å². The van der Waals surface area contributed by atoms with Crippen LogP contribution in [-0.2, 0) is 16.0 Å². The lowest BCUT2D eigenvalue weighted by atomic mass is 10.3. The maximum Gasteiger partial charge on any atom is 0.241 e. The fraction of sp³-hybridized carbons (Fsp3) is 0.467. The van der Waals surface area contributed by atoms with Crippen molar-refractivity contribution in [1.29, 1.82) is 0 Å². The van der Waals surface area contributed by atoms with Crippen LogP contribution >= 0.6 is 11.3 Å². The van der Waals surface area contributed by atoms with Crippen molar-refractivity contribution in [3.8, 4) is 10.7 Å². The number of aromatic nitrogens is 2. The summed E-state index contributed by atoms with van der Waals surface area (Å²) >= 11 is 1.53. The number of nitrogens with one attached hydrogen (secondary N) is 1. The molecule has 1 aliphatic rings. The lowest BCUT2D eigenvalue weighted by Gasteiger charge is -2.15. The molecule has 2 aromatic rings. The summed E-state index contributed by atoms with van der Waals surface area (Å²) in [6.45, 7) is 1.65. The van der Waals surface area contributed by atoms with E-state index in [-0.39, 0.29) is 24.8 Å². The van der Waals surface area contributed by atoms with E-state index in [1.165, 1.54) is 11.3 Å². The summed E-state index contributed by atoms with van der Waals surface area (Å²) in [5.41, 5.74) is 0. The molecular formula is C15H18N4O3S. The van der Waals surface area contributed by atoms with Crippen LogP contribution in [0, 0.1) is 0 Å². The van der Waals surface area contributed by atoms with Crippen molar-refractivity contribution in [2.24, 2.45) is 0 Å². The molecule has 0 aliphatic carbocycles. The zero-order valence-corrected chi connectivity index (χ0v) is 13.5. The van der Waals surface area contributed by atoms with Gasteiger partial charge in [0.05, 0.1) is 11.4 Å². The second kappa shape index (κ2) is 7.36. The van der Waals surface area contributed by atoms with E-state index in [0.717, 1.165) is 30.8 Å². The molecular weight excluding hydrogens is 316 g/mol. The van der Waals surface area contributed by atoms with Crippen molar-refractivity contribution in [3.05, 3.63) is 23.4 Å². The molecule has 3 rings (SSSR count). The number of carbonyl (C=O) groups is 2. The normalized spacial score (nSPS) is 14.2. The Kier molecular flexibility index (Phi) is 5.02. The maximum absolute atomic E-state index is 11.8. The first kappa shape index (κ1) is 15.7. The molecule has 1 aliphatic heterocycles. The first-order chi connectivity index (χ1) is 11.2. The van der Waals surface area contributed by atoms with Crippen molar-refractivity contribution in [2.45, 2.75) is 25.7 Å². The molecule has 2 aromatic heterocycles. The molecule has 7 nitrogen and oxygen atoms in total. The molecule has 0 radical (unpaired) electrons. The molecule has 23 heavy (non-hydrogen) atoms. The number of amides is 2. The molecule has 3 heterocycles. The number of rotatable bonds is 6. The summed E-state index contributed by atoms with van der Waals surface area (Å²) < 4.78 is 5.14. The van der Waals surface area contributed by atoms with Gasteiger partial charge in [-0.3, -0.25) is 9.59 Å². The monoisotopic (exact) mass is 334 g/mol. The lowest BCUT2D eigenvalue weighted by Crippen LogP contribution is -2.38. The van der Waals surface area contributed by atoms with Gasteiger partial charge in [-0.1, -0.05) is 11.2 Å². The SMILES string of the molecule is O=C(CCc1nc(-c2cccs2)no1)NCC(=O)N1CCCC1. The molecule has 2 amide bonds. The van der Waals surface area contributed by atoms with Gasteiger partial charge in [0.15, 0.2) is 0 Å². The number of aryl methyl sites for hydroxylation is 1. The fourth-order valence-corrected chi connectivity index (χ4v) is 3.07. The van der Waals surface area contributed by atoms with Gasteiger partial charge >= 0.3 is 0 Å². The molecule has 0 aromatic carbocycles. The molecule has 0 spiro atoms. The van der Waals surface area contributed by atoms with E-state index in [1.54, 1.807) is 4.90 Å². The first-order valence-electron chi connectivity index (χ1n) is 7.63. The minimum Gasteiger partial charge on any atom is -0.347 e. The van der Waals surface area contributed by atoms with Gasteiger partial charge in [0.1, 0.15) is 0 Å². The van der Waals surface area contributed by atoms with Gasteiger partial charge < -0.3 is 14.7 Å². The topological polar surface area (TPSA) is 88.3 Å². The van der Waals surface area contributed by atoms with Crippen LogP contribution in [0.5, 0.6) is 0 Å². The lowest BCUT2D eigenvalue weighted by molar-refractivity contribution is -0.132. The zero-order chi connectivity index (χ0) is 16.1. The molecule has 0 atom stereocenters. The number of thiophene rings is 1. The first-order valence-corrected chi connectivity index (χ1v) is 8.51. The number of carbonyl (C=O) groups excluding carboxylic acids is 2. The molecule has 0 unspecified atom stereocenters. The largest absolute Gasteiger partial charge is 0.347 e. The molecule has 122 valence electrons. The summed E-state index contributed by atoms with van der Waals surface area (Å²) in [6.07, 6.45) is 2.67. The Labute approximate surface area is 137 Å². The van der Waals surface area contributed by atoms with Gasteiger partial charge in [-0.15, -0.1) is 11.3 Å². The van der Waals surface area contributed by atoms with E-state index in [2.05, 4.69) is 15.5 Å². The van der Waals surface area contributed by atoms with Crippen LogP contribution in [-0.4, -0.2) is 46.5 Å². The predicted octanol–water partition coefficient (Wildman–Crippen LogP) is 1.47.